The lowest BCUT2D eigenvalue weighted by Crippen LogP contribution is -2.13. The predicted molar refractivity (Wildman–Crippen MR) is 112 cm³/mol. The van der Waals surface area contributed by atoms with E-state index in [4.69, 9.17) is 5.11 Å². The second-order valence-electron chi connectivity index (χ2n) is 7.65. The van der Waals surface area contributed by atoms with Gasteiger partial charge in [0.05, 0.1) is 12.2 Å². The van der Waals surface area contributed by atoms with Gasteiger partial charge in [0, 0.05) is 11.5 Å². The third kappa shape index (κ3) is 11.4. The fourth-order valence-corrected chi connectivity index (χ4v) is 2.35. The molecule has 0 rings (SSSR count). The maximum Gasteiger partial charge on any atom is 0.330 e. The van der Waals surface area contributed by atoms with Crippen LogP contribution in [-0.4, -0.2) is 33.5 Å². The molecule has 0 aliphatic heterocycles. The first-order valence-corrected chi connectivity index (χ1v) is 9.42. The van der Waals surface area contributed by atoms with Crippen molar-refractivity contribution in [1.82, 2.24) is 0 Å². The van der Waals surface area contributed by atoms with Crippen LogP contribution in [0.25, 0.3) is 0 Å². The van der Waals surface area contributed by atoms with Gasteiger partial charge in [0.15, 0.2) is 0 Å². The second kappa shape index (κ2) is 12.5. The van der Waals surface area contributed by atoms with Crippen LogP contribution in [0, 0.1) is 11.8 Å². The van der Waals surface area contributed by atoms with E-state index in [2.05, 4.69) is 0 Å². The van der Waals surface area contributed by atoms with Crippen LogP contribution in [0.1, 0.15) is 54.9 Å². The van der Waals surface area contributed by atoms with Crippen molar-refractivity contribution in [2.75, 3.05) is 0 Å². The molecule has 0 aromatic carbocycles. The summed E-state index contributed by atoms with van der Waals surface area (Å²) in [6, 6.07) is 0. The molecule has 4 heteroatoms. The molecule has 0 fully saturated rings. The molecule has 3 N–H and O–H groups in total. The molecule has 0 saturated carbocycles. The van der Waals surface area contributed by atoms with Crippen molar-refractivity contribution in [3.05, 3.63) is 58.7 Å². The first kappa shape index (κ1) is 25.1. The SMILES string of the molecule is CC(=C/C(C)C(O)/C=C(\C)C/C=C(\C)C(=O)O)/C=C(C)\C=C\C(O)C(C)C. The first-order valence-electron chi connectivity index (χ1n) is 9.42. The zero-order valence-electron chi connectivity index (χ0n) is 17.7. The van der Waals surface area contributed by atoms with Gasteiger partial charge < -0.3 is 15.3 Å². The van der Waals surface area contributed by atoms with Crippen molar-refractivity contribution in [3.63, 3.8) is 0 Å². The molecule has 0 spiro atoms. The Bertz CT molecular complexity index is 633. The predicted octanol–water partition coefficient (Wildman–Crippen LogP) is 4.82. The minimum absolute atomic E-state index is 0.0706. The Hall–Kier alpha value is -1.91. The molecule has 0 saturated heterocycles. The number of hydrogen-bond donors (Lipinski definition) is 3. The van der Waals surface area contributed by atoms with Crippen LogP contribution in [0.3, 0.4) is 0 Å². The number of aliphatic hydroxyl groups excluding tert-OH is 2. The van der Waals surface area contributed by atoms with Gasteiger partial charge in [-0.1, -0.05) is 73.9 Å². The summed E-state index contributed by atoms with van der Waals surface area (Å²) in [5.74, 6) is -0.809. The van der Waals surface area contributed by atoms with Gasteiger partial charge in [-0.05, 0) is 40.0 Å². The summed E-state index contributed by atoms with van der Waals surface area (Å²) in [6.45, 7) is 13.3. The Kier molecular flexibility index (Phi) is 11.6. The van der Waals surface area contributed by atoms with Gasteiger partial charge in [-0.3, -0.25) is 0 Å². The van der Waals surface area contributed by atoms with E-state index in [1.165, 1.54) is 0 Å². The van der Waals surface area contributed by atoms with Gasteiger partial charge in [0.2, 0.25) is 0 Å². The highest BCUT2D eigenvalue weighted by Gasteiger charge is 2.10. The van der Waals surface area contributed by atoms with Crippen LogP contribution in [0.4, 0.5) is 0 Å². The molecule has 152 valence electrons. The highest BCUT2D eigenvalue weighted by Crippen LogP contribution is 2.15. The van der Waals surface area contributed by atoms with Gasteiger partial charge in [-0.15, -0.1) is 0 Å². The molecule has 0 aromatic rings. The number of aliphatic carboxylic acids is 1. The molecule has 0 aliphatic rings. The Morgan fingerprint density at radius 1 is 0.926 bits per heavy atom. The average Bonchev–Trinajstić information content (AvgIpc) is 2.56. The number of allylic oxidation sites excluding steroid dienone is 6. The fraction of sp³-hybridized carbons (Fsp3) is 0.522. The molecule has 0 radical (unpaired) electrons. The molecule has 0 amide bonds. The molecular weight excluding hydrogens is 340 g/mol. The number of rotatable bonds is 10. The van der Waals surface area contributed by atoms with Crippen LogP contribution in [-0.2, 0) is 4.79 Å². The van der Waals surface area contributed by atoms with E-state index in [-0.39, 0.29) is 11.8 Å². The number of carboxylic acids is 1. The maximum absolute atomic E-state index is 10.8. The van der Waals surface area contributed by atoms with E-state index in [0.717, 1.165) is 16.7 Å². The van der Waals surface area contributed by atoms with Crippen LogP contribution in [0.2, 0.25) is 0 Å². The van der Waals surface area contributed by atoms with E-state index >= 15 is 0 Å². The zero-order valence-corrected chi connectivity index (χ0v) is 17.7. The van der Waals surface area contributed by atoms with Crippen molar-refractivity contribution in [3.8, 4) is 0 Å². The number of aliphatic hydroxyl groups is 2. The summed E-state index contributed by atoms with van der Waals surface area (Å²) in [7, 11) is 0. The van der Waals surface area contributed by atoms with Gasteiger partial charge in [0.1, 0.15) is 0 Å². The molecule has 0 heterocycles. The highest BCUT2D eigenvalue weighted by atomic mass is 16.4. The normalized spacial score (nSPS) is 18.1. The Morgan fingerprint density at radius 2 is 1.52 bits per heavy atom. The zero-order chi connectivity index (χ0) is 21.1. The van der Waals surface area contributed by atoms with Gasteiger partial charge >= 0.3 is 5.97 Å². The smallest absolute Gasteiger partial charge is 0.330 e. The fourth-order valence-electron chi connectivity index (χ4n) is 2.35. The Balaban J connectivity index is 4.94. The van der Waals surface area contributed by atoms with Crippen molar-refractivity contribution in [2.24, 2.45) is 11.8 Å². The summed E-state index contributed by atoms with van der Waals surface area (Å²) in [5, 5.41) is 29.0. The van der Waals surface area contributed by atoms with Crippen molar-refractivity contribution < 1.29 is 20.1 Å². The van der Waals surface area contributed by atoms with Gasteiger partial charge in [-0.25, -0.2) is 4.79 Å². The van der Waals surface area contributed by atoms with Gasteiger partial charge in [-0.2, -0.15) is 0 Å². The Morgan fingerprint density at radius 3 is 2.04 bits per heavy atom. The minimum atomic E-state index is -0.924. The number of hydrogen-bond acceptors (Lipinski definition) is 3. The Labute approximate surface area is 164 Å². The molecule has 0 bridgehead atoms. The largest absolute Gasteiger partial charge is 0.478 e. The van der Waals surface area contributed by atoms with Crippen LogP contribution < -0.4 is 0 Å². The second-order valence-corrected chi connectivity index (χ2v) is 7.65. The number of carboxylic acid groups (broad SMARTS) is 1. The molecule has 3 unspecified atom stereocenters. The van der Waals surface area contributed by atoms with E-state index in [9.17, 15) is 15.0 Å². The molecule has 0 aromatic heterocycles. The summed E-state index contributed by atoms with van der Waals surface area (Å²) in [4.78, 5) is 10.8. The molecule has 27 heavy (non-hydrogen) atoms. The first-order chi connectivity index (χ1) is 12.4. The van der Waals surface area contributed by atoms with E-state index in [0.29, 0.717) is 12.0 Å². The topological polar surface area (TPSA) is 77.8 Å². The number of carbonyl (C=O) groups is 1. The van der Waals surface area contributed by atoms with E-state index in [1.54, 1.807) is 25.2 Å². The van der Waals surface area contributed by atoms with Crippen molar-refractivity contribution >= 4 is 5.97 Å². The molecular formula is C23H36O4. The van der Waals surface area contributed by atoms with Gasteiger partial charge in [0.25, 0.3) is 0 Å². The minimum Gasteiger partial charge on any atom is -0.478 e. The lowest BCUT2D eigenvalue weighted by molar-refractivity contribution is -0.132. The average molecular weight is 377 g/mol. The molecule has 3 atom stereocenters. The monoisotopic (exact) mass is 376 g/mol. The lowest BCUT2D eigenvalue weighted by atomic mass is 9.98. The lowest BCUT2D eigenvalue weighted by Gasteiger charge is -2.14. The van der Waals surface area contributed by atoms with Crippen LogP contribution >= 0.6 is 0 Å². The summed E-state index contributed by atoms with van der Waals surface area (Å²) < 4.78 is 0. The quantitative estimate of drug-likeness (QED) is 0.290. The third-order valence-corrected chi connectivity index (χ3v) is 4.28. The van der Waals surface area contributed by atoms with Crippen molar-refractivity contribution in [1.29, 1.82) is 0 Å². The highest BCUT2D eigenvalue weighted by molar-refractivity contribution is 5.85. The third-order valence-electron chi connectivity index (χ3n) is 4.28. The van der Waals surface area contributed by atoms with Crippen LogP contribution in [0.5, 0.6) is 0 Å². The van der Waals surface area contributed by atoms with Crippen molar-refractivity contribution in [2.45, 2.75) is 67.1 Å². The molecule has 0 aliphatic carbocycles. The van der Waals surface area contributed by atoms with E-state index < -0.39 is 18.2 Å². The molecule has 4 nitrogen and oxygen atoms in total. The standard InChI is InChI=1S/C23H36O4/c1-15(2)21(24)11-9-16(3)12-18(5)13-20(7)22(25)14-17(4)8-10-19(6)23(26)27/h9-15,20-22,24-25H,8H2,1-7H3,(H,26,27)/b11-9+,16-12-,17-14+,18-13-,19-10+. The summed E-state index contributed by atoms with van der Waals surface area (Å²) in [5.41, 5.74) is 3.30. The maximum atomic E-state index is 10.8. The summed E-state index contributed by atoms with van der Waals surface area (Å²) in [6.07, 6.45) is 10.6. The van der Waals surface area contributed by atoms with Crippen LogP contribution in [0.15, 0.2) is 58.7 Å². The van der Waals surface area contributed by atoms with E-state index in [1.807, 2.05) is 59.8 Å². The summed E-state index contributed by atoms with van der Waals surface area (Å²) >= 11 is 0.